The van der Waals surface area contributed by atoms with Crippen molar-refractivity contribution in [3.05, 3.63) is 229 Å². The van der Waals surface area contributed by atoms with Gasteiger partial charge in [-0.25, -0.2) is 9.97 Å². The van der Waals surface area contributed by atoms with E-state index in [1.165, 1.54) is 26.2 Å². The number of para-hydroxylation sites is 1. The molecule has 0 aliphatic carbocycles. The van der Waals surface area contributed by atoms with Crippen LogP contribution in [0.2, 0.25) is 0 Å². The van der Waals surface area contributed by atoms with E-state index >= 15 is 0 Å². The number of nitrogens with zero attached hydrogens (tertiary/aromatic N) is 4. The lowest BCUT2D eigenvalue weighted by Crippen LogP contribution is -2.09. The third-order valence-corrected chi connectivity index (χ3v) is 16.0. The van der Waals surface area contributed by atoms with Crippen LogP contribution >= 0.6 is 22.7 Å². The fourth-order valence-electron chi connectivity index (χ4n) is 10.2. The van der Waals surface area contributed by atoms with Gasteiger partial charge in [0, 0.05) is 78.9 Å². The normalized spacial score (nSPS) is 11.9. The molecule has 0 amide bonds. The third-order valence-electron chi connectivity index (χ3n) is 13.8. The van der Waals surface area contributed by atoms with Gasteiger partial charge in [0.05, 0.1) is 20.8 Å². The standard InChI is InChI=1S/C65H42N4O2S2/c1-3-11-56-62(4-2)72-64(66-56)42-20-24-46(25-21-42)68(48-28-18-40-12-5-7-14-44(40)34-48)50-30-32-52-54-38-61-55(39-60(54)70-58(52)36-50)53-33-31-51(37-59(53)71-61)69(49-29-19-41-13-6-8-15-45(41)35-49)47-26-22-43(23-27-47)65-67-57-16-9-10-17-63(57)73-65/h3-39H,2H2,1H3/b11-3-. The van der Waals surface area contributed by atoms with Gasteiger partial charge >= 0.3 is 0 Å². The zero-order valence-electron chi connectivity index (χ0n) is 39.5. The molecule has 0 radical (unpaired) electrons. The van der Waals surface area contributed by atoms with Gasteiger partial charge < -0.3 is 18.6 Å². The number of rotatable bonds is 10. The molecule has 73 heavy (non-hydrogen) atoms. The van der Waals surface area contributed by atoms with E-state index < -0.39 is 0 Å². The first kappa shape index (κ1) is 42.8. The zero-order chi connectivity index (χ0) is 48.6. The number of fused-ring (bicyclic) bond motifs is 9. The van der Waals surface area contributed by atoms with Crippen LogP contribution in [0.15, 0.2) is 228 Å². The summed E-state index contributed by atoms with van der Waals surface area (Å²) in [5, 5.41) is 10.7. The van der Waals surface area contributed by atoms with Crippen molar-refractivity contribution < 1.29 is 8.83 Å². The number of hydrogen-bond donors (Lipinski definition) is 0. The van der Waals surface area contributed by atoms with Crippen LogP contribution in [0.4, 0.5) is 34.1 Å². The maximum atomic E-state index is 6.80. The molecule has 0 saturated heterocycles. The lowest BCUT2D eigenvalue weighted by atomic mass is 10.1. The topological polar surface area (TPSA) is 58.5 Å². The minimum absolute atomic E-state index is 0.797. The van der Waals surface area contributed by atoms with Crippen LogP contribution in [-0.2, 0) is 0 Å². The molecule has 0 bridgehead atoms. The predicted octanol–water partition coefficient (Wildman–Crippen LogP) is 19.8. The minimum Gasteiger partial charge on any atom is -0.456 e. The van der Waals surface area contributed by atoms with Crippen LogP contribution in [-0.4, -0.2) is 9.97 Å². The van der Waals surface area contributed by atoms with Crippen LogP contribution in [0.3, 0.4) is 0 Å². The van der Waals surface area contributed by atoms with Crippen molar-refractivity contribution in [3.8, 4) is 21.1 Å². The van der Waals surface area contributed by atoms with E-state index in [4.69, 9.17) is 18.8 Å². The Morgan fingerprint density at radius 3 is 1.40 bits per heavy atom. The summed E-state index contributed by atoms with van der Waals surface area (Å²) in [5.41, 5.74) is 13.4. The third kappa shape index (κ3) is 7.46. The van der Waals surface area contributed by atoms with Crippen molar-refractivity contribution in [2.75, 3.05) is 9.80 Å². The Morgan fingerprint density at radius 1 is 0.425 bits per heavy atom. The largest absolute Gasteiger partial charge is 0.456 e. The summed E-state index contributed by atoms with van der Waals surface area (Å²) in [6, 6.07) is 73.2. The van der Waals surface area contributed by atoms with Crippen LogP contribution in [0.1, 0.15) is 17.5 Å². The average Bonchev–Trinajstić information content (AvgIpc) is 4.23. The number of aromatic nitrogens is 2. The van der Waals surface area contributed by atoms with E-state index in [9.17, 15) is 0 Å². The maximum Gasteiger partial charge on any atom is 0.137 e. The first-order valence-corrected chi connectivity index (χ1v) is 25.9. The zero-order valence-corrected chi connectivity index (χ0v) is 41.1. The summed E-state index contributed by atoms with van der Waals surface area (Å²) >= 11 is 3.37. The smallest absolute Gasteiger partial charge is 0.137 e. The van der Waals surface area contributed by atoms with Crippen LogP contribution in [0.5, 0.6) is 0 Å². The molecule has 0 unspecified atom stereocenters. The molecule has 10 aromatic carbocycles. The molecule has 14 aromatic rings. The second-order valence-electron chi connectivity index (χ2n) is 18.2. The van der Waals surface area contributed by atoms with E-state index in [2.05, 4.69) is 217 Å². The van der Waals surface area contributed by atoms with Gasteiger partial charge in [-0.1, -0.05) is 85.5 Å². The molecular weight excluding hydrogens is 933 g/mol. The Balaban J connectivity index is 0.838. The molecule has 0 saturated carbocycles. The molecule has 346 valence electrons. The highest BCUT2D eigenvalue weighted by molar-refractivity contribution is 7.21. The van der Waals surface area contributed by atoms with Crippen molar-refractivity contribution in [1.82, 2.24) is 9.97 Å². The van der Waals surface area contributed by atoms with E-state index in [-0.39, 0.29) is 0 Å². The highest BCUT2D eigenvalue weighted by Gasteiger charge is 2.21. The molecule has 0 atom stereocenters. The summed E-state index contributed by atoms with van der Waals surface area (Å²) in [5.74, 6) is 0. The molecule has 0 N–H and O–H groups in total. The first-order chi connectivity index (χ1) is 36.0. The van der Waals surface area contributed by atoms with Gasteiger partial charge in [-0.2, -0.15) is 0 Å². The Morgan fingerprint density at radius 2 is 0.877 bits per heavy atom. The van der Waals surface area contributed by atoms with Crippen molar-refractivity contribution in [1.29, 1.82) is 0 Å². The Kier molecular flexibility index (Phi) is 10.2. The van der Waals surface area contributed by atoms with Crippen LogP contribution < -0.4 is 9.80 Å². The predicted molar refractivity (Wildman–Crippen MR) is 310 cm³/mol. The van der Waals surface area contributed by atoms with Crippen LogP contribution in [0, 0.1) is 0 Å². The number of hydrogen-bond acceptors (Lipinski definition) is 8. The molecule has 4 aromatic heterocycles. The Labute approximate surface area is 428 Å². The fraction of sp³-hybridized carbons (Fsp3) is 0.0154. The van der Waals surface area contributed by atoms with Crippen molar-refractivity contribution >= 4 is 145 Å². The van der Waals surface area contributed by atoms with Gasteiger partial charge in [0.15, 0.2) is 0 Å². The lowest BCUT2D eigenvalue weighted by molar-refractivity contribution is 0.664. The SMILES string of the molecule is C=Cc1sc(-c2ccc(N(c3ccc4ccccc4c3)c3ccc4c(c3)oc3cc5c(cc34)oc3cc(N(c4ccc(-c6nc7ccccc7s6)cc4)c4ccc6ccccc6c4)ccc35)cc2)nc1/C=C\C. The maximum absolute atomic E-state index is 6.80. The van der Waals surface area contributed by atoms with Crippen molar-refractivity contribution in [2.24, 2.45) is 0 Å². The van der Waals surface area contributed by atoms with E-state index in [1.54, 1.807) is 22.7 Å². The summed E-state index contributed by atoms with van der Waals surface area (Å²) in [6.45, 7) is 6.03. The Hall–Kier alpha value is -9.08. The van der Waals surface area contributed by atoms with Gasteiger partial charge in [-0.3, -0.25) is 0 Å². The fourth-order valence-corrected chi connectivity index (χ4v) is 12.1. The van der Waals surface area contributed by atoms with Crippen molar-refractivity contribution in [3.63, 3.8) is 0 Å². The van der Waals surface area contributed by atoms with Gasteiger partial charge in [0.2, 0.25) is 0 Å². The minimum atomic E-state index is 0.797. The summed E-state index contributed by atoms with van der Waals surface area (Å²) in [4.78, 5) is 15.5. The number of anilines is 6. The van der Waals surface area contributed by atoms with E-state index in [1.807, 2.05) is 31.2 Å². The number of furan rings is 2. The molecule has 0 aliphatic heterocycles. The average molecular weight is 975 g/mol. The quantitative estimate of drug-likeness (QED) is 0.136. The van der Waals surface area contributed by atoms with Gasteiger partial charge in [0.25, 0.3) is 0 Å². The van der Waals surface area contributed by atoms with Crippen molar-refractivity contribution in [2.45, 2.75) is 6.92 Å². The van der Waals surface area contributed by atoms with Gasteiger partial charge in [-0.15, -0.1) is 22.7 Å². The summed E-state index contributed by atoms with van der Waals surface area (Å²) in [6.07, 6.45) is 5.92. The first-order valence-electron chi connectivity index (χ1n) is 24.2. The van der Waals surface area contributed by atoms with Gasteiger partial charge in [0.1, 0.15) is 32.3 Å². The lowest BCUT2D eigenvalue weighted by Gasteiger charge is -2.26. The molecule has 0 aliphatic rings. The second-order valence-corrected chi connectivity index (χ2v) is 20.3. The molecule has 14 rings (SSSR count). The number of thiazole rings is 2. The number of allylic oxidation sites excluding steroid dienone is 1. The van der Waals surface area contributed by atoms with Crippen LogP contribution in [0.25, 0.3) is 109 Å². The second kappa shape index (κ2) is 17.3. The van der Waals surface area contributed by atoms with E-state index in [0.29, 0.717) is 0 Å². The highest BCUT2D eigenvalue weighted by atomic mass is 32.1. The molecule has 0 fully saturated rings. The summed E-state index contributed by atoms with van der Waals surface area (Å²) in [7, 11) is 0. The highest BCUT2D eigenvalue weighted by Crippen LogP contribution is 2.45. The molecular formula is C65H42N4O2S2. The molecule has 0 spiro atoms. The Bertz CT molecular complexity index is 4470. The molecule has 4 heterocycles. The number of benzene rings is 10. The molecule has 8 heteroatoms. The van der Waals surface area contributed by atoms with E-state index in [0.717, 1.165) is 115 Å². The summed E-state index contributed by atoms with van der Waals surface area (Å²) < 4.78 is 14.8. The monoisotopic (exact) mass is 974 g/mol. The molecule has 6 nitrogen and oxygen atoms in total. The van der Waals surface area contributed by atoms with Gasteiger partial charge in [-0.05, 0) is 162 Å².